The lowest BCUT2D eigenvalue weighted by Gasteiger charge is -2.35. The van der Waals surface area contributed by atoms with Gasteiger partial charge in [-0.05, 0) is 6.92 Å². The van der Waals surface area contributed by atoms with Gasteiger partial charge in [0.2, 0.25) is 5.91 Å². The maximum absolute atomic E-state index is 12.5. The van der Waals surface area contributed by atoms with Crippen molar-refractivity contribution in [3.63, 3.8) is 0 Å². The maximum Gasteiger partial charge on any atom is 0.246 e. The van der Waals surface area contributed by atoms with E-state index in [9.17, 15) is 4.79 Å². The highest BCUT2D eigenvalue weighted by Gasteiger charge is 2.27. The van der Waals surface area contributed by atoms with Crippen molar-refractivity contribution in [1.82, 2.24) is 34.8 Å². The van der Waals surface area contributed by atoms with Gasteiger partial charge >= 0.3 is 0 Å². The normalized spacial score (nSPS) is 15.2. The van der Waals surface area contributed by atoms with Gasteiger partial charge in [-0.3, -0.25) is 19.2 Å². The number of nitrogens with zero attached hydrogens (tertiary/aromatic N) is 8. The third-order valence-corrected chi connectivity index (χ3v) is 3.92. The number of halogens is 1. The molecule has 0 atom stereocenters. The third kappa shape index (κ3) is 4.93. The number of aromatic nitrogens is 5. The van der Waals surface area contributed by atoms with Crippen LogP contribution in [0, 0.1) is 0 Å². The summed E-state index contributed by atoms with van der Waals surface area (Å²) in [6.07, 6.45) is 6.74. The van der Waals surface area contributed by atoms with Crippen molar-refractivity contribution in [3.8, 4) is 0 Å². The summed E-state index contributed by atoms with van der Waals surface area (Å²) >= 11 is 0. The molecule has 2 aromatic rings. The summed E-state index contributed by atoms with van der Waals surface area (Å²) in [6, 6.07) is 0. The lowest BCUT2D eigenvalue weighted by Crippen LogP contribution is -2.55. The minimum atomic E-state index is 0. The van der Waals surface area contributed by atoms with Crippen molar-refractivity contribution in [3.05, 3.63) is 25.0 Å². The minimum Gasteiger partial charge on any atom is -0.357 e. The molecule has 1 aliphatic rings. The number of carbonyl (C=O) groups excluding carboxylic acids is 1. The van der Waals surface area contributed by atoms with Crippen LogP contribution in [0.1, 0.15) is 6.92 Å². The third-order valence-electron chi connectivity index (χ3n) is 3.92. The molecule has 0 radical (unpaired) electrons. The topological polar surface area (TPSA) is 96.5 Å². The number of nitrogens with one attached hydrogen (secondary N) is 1. The van der Waals surface area contributed by atoms with Gasteiger partial charge in [0.15, 0.2) is 5.96 Å². The van der Waals surface area contributed by atoms with Gasteiger partial charge in [-0.25, -0.2) is 4.98 Å². The number of aliphatic imine (C=N–C) groups is 1. The van der Waals surface area contributed by atoms with Crippen molar-refractivity contribution >= 4 is 41.5 Å². The molecule has 11 heteroatoms. The molecule has 0 spiro atoms. The first-order chi connectivity index (χ1) is 12.2. The van der Waals surface area contributed by atoms with E-state index in [1.54, 1.807) is 26.8 Å². The Bertz CT molecular complexity index is 727. The van der Waals surface area contributed by atoms with E-state index in [-0.39, 0.29) is 29.9 Å². The first kappa shape index (κ1) is 20.1. The Morgan fingerprint density at radius 2 is 2.19 bits per heavy atom. The quantitative estimate of drug-likeness (QED) is 0.372. The van der Waals surface area contributed by atoms with E-state index in [4.69, 9.17) is 0 Å². The smallest absolute Gasteiger partial charge is 0.246 e. The zero-order valence-corrected chi connectivity index (χ0v) is 17.3. The fourth-order valence-corrected chi connectivity index (χ4v) is 2.71. The van der Waals surface area contributed by atoms with Crippen LogP contribution in [0.4, 0.5) is 5.69 Å². The molecular formula is C15H24IN9O. The van der Waals surface area contributed by atoms with Gasteiger partial charge in [0.05, 0.1) is 25.0 Å². The van der Waals surface area contributed by atoms with Crippen LogP contribution in [0.25, 0.3) is 0 Å². The fraction of sp³-hybridized carbons (Fsp3) is 0.533. The fourth-order valence-electron chi connectivity index (χ4n) is 2.71. The number of hydrogen-bond donors (Lipinski definition) is 1. The Balaban J connectivity index is 0.00000243. The van der Waals surface area contributed by atoms with Crippen LogP contribution in [0.2, 0.25) is 0 Å². The van der Waals surface area contributed by atoms with Gasteiger partial charge in [0.1, 0.15) is 19.2 Å². The summed E-state index contributed by atoms with van der Waals surface area (Å²) in [5.74, 6) is 0.794. The Morgan fingerprint density at radius 3 is 2.81 bits per heavy atom. The van der Waals surface area contributed by atoms with E-state index < -0.39 is 0 Å². The van der Waals surface area contributed by atoms with Gasteiger partial charge in [-0.15, -0.1) is 24.0 Å². The number of amides is 1. The predicted octanol–water partition coefficient (Wildman–Crippen LogP) is -0.0561. The summed E-state index contributed by atoms with van der Waals surface area (Å²) in [6.45, 7) is 5.61. The van der Waals surface area contributed by atoms with Crippen molar-refractivity contribution in [2.75, 3.05) is 37.6 Å². The molecule has 0 aliphatic carbocycles. The molecule has 3 rings (SSSR count). The van der Waals surface area contributed by atoms with Crippen molar-refractivity contribution in [1.29, 1.82) is 0 Å². The molecule has 1 amide bonds. The molecule has 3 heterocycles. The molecule has 1 fully saturated rings. The number of rotatable bonds is 5. The van der Waals surface area contributed by atoms with E-state index >= 15 is 0 Å². The van der Waals surface area contributed by atoms with E-state index in [0.717, 1.165) is 24.7 Å². The average Bonchev–Trinajstić information content (AvgIpc) is 3.26. The van der Waals surface area contributed by atoms with Crippen LogP contribution in [-0.2, 0) is 18.4 Å². The Hall–Kier alpha value is -2.18. The molecule has 1 N–H and O–H groups in total. The number of guanidine groups is 1. The Labute approximate surface area is 169 Å². The van der Waals surface area contributed by atoms with Crippen LogP contribution >= 0.6 is 24.0 Å². The largest absolute Gasteiger partial charge is 0.357 e. The van der Waals surface area contributed by atoms with Gasteiger partial charge in [-0.1, -0.05) is 0 Å². The lowest BCUT2D eigenvalue weighted by atomic mass is 10.3. The van der Waals surface area contributed by atoms with E-state index in [0.29, 0.717) is 26.2 Å². The molecule has 0 bridgehead atoms. The molecule has 2 aromatic heterocycles. The second kappa shape index (κ2) is 9.50. The summed E-state index contributed by atoms with van der Waals surface area (Å²) < 4.78 is 3.43. The predicted molar refractivity (Wildman–Crippen MR) is 109 cm³/mol. The number of anilines is 1. The highest BCUT2D eigenvalue weighted by Crippen LogP contribution is 2.16. The van der Waals surface area contributed by atoms with Crippen LogP contribution in [0.15, 0.2) is 30.0 Å². The van der Waals surface area contributed by atoms with Gasteiger partial charge < -0.3 is 15.1 Å². The first-order valence-electron chi connectivity index (χ1n) is 8.32. The summed E-state index contributed by atoms with van der Waals surface area (Å²) in [5.41, 5.74) is 0.834. The monoisotopic (exact) mass is 473 g/mol. The van der Waals surface area contributed by atoms with Crippen molar-refractivity contribution in [2.45, 2.75) is 13.5 Å². The summed E-state index contributed by atoms with van der Waals surface area (Å²) in [5, 5.41) is 11.5. The maximum atomic E-state index is 12.5. The second-order valence-corrected chi connectivity index (χ2v) is 5.73. The molecule has 0 aromatic carbocycles. The molecule has 0 saturated carbocycles. The molecule has 1 saturated heterocycles. The van der Waals surface area contributed by atoms with Gasteiger partial charge in [-0.2, -0.15) is 10.2 Å². The number of aryl methyl sites for hydroxylation is 1. The molecule has 26 heavy (non-hydrogen) atoms. The van der Waals surface area contributed by atoms with E-state index in [2.05, 4.69) is 25.5 Å². The Kier molecular flexibility index (Phi) is 7.36. The van der Waals surface area contributed by atoms with Gasteiger partial charge in [0.25, 0.3) is 0 Å². The zero-order valence-electron chi connectivity index (χ0n) is 14.9. The highest BCUT2D eigenvalue weighted by atomic mass is 127. The van der Waals surface area contributed by atoms with E-state index in [1.165, 1.54) is 6.33 Å². The van der Waals surface area contributed by atoms with E-state index in [1.807, 2.05) is 25.1 Å². The highest BCUT2D eigenvalue weighted by molar-refractivity contribution is 14.0. The first-order valence-corrected chi connectivity index (χ1v) is 8.32. The molecular weight excluding hydrogens is 449 g/mol. The SMILES string of the molecule is CCNC(=NCCn1cncn1)N1CCN(c2cnn(C)c2)C(=O)C1.I. The van der Waals surface area contributed by atoms with Crippen molar-refractivity contribution in [2.24, 2.45) is 12.0 Å². The van der Waals surface area contributed by atoms with Gasteiger partial charge in [0, 0.05) is 32.9 Å². The number of hydrogen-bond acceptors (Lipinski definition) is 5. The molecule has 0 unspecified atom stereocenters. The molecule has 142 valence electrons. The van der Waals surface area contributed by atoms with Crippen LogP contribution in [0.5, 0.6) is 0 Å². The molecule has 1 aliphatic heterocycles. The second-order valence-electron chi connectivity index (χ2n) is 5.73. The average molecular weight is 473 g/mol. The van der Waals surface area contributed by atoms with Crippen LogP contribution in [-0.4, -0.2) is 74.0 Å². The van der Waals surface area contributed by atoms with Crippen molar-refractivity contribution < 1.29 is 4.79 Å². The summed E-state index contributed by atoms with van der Waals surface area (Å²) in [4.78, 5) is 24.8. The number of piperazine rings is 1. The Morgan fingerprint density at radius 1 is 1.35 bits per heavy atom. The minimum absolute atomic E-state index is 0. The zero-order chi connectivity index (χ0) is 17.6. The standard InChI is InChI=1S/C15H23N9O.HI/c1-3-17-15(18-4-5-23-12-16-11-20-23)22-6-7-24(14(25)10-22)13-8-19-21(2)9-13;/h8-9,11-12H,3-7,10H2,1-2H3,(H,17,18);1H. The summed E-state index contributed by atoms with van der Waals surface area (Å²) in [7, 11) is 1.84. The van der Waals surface area contributed by atoms with Crippen LogP contribution in [0.3, 0.4) is 0 Å². The van der Waals surface area contributed by atoms with Crippen LogP contribution < -0.4 is 10.2 Å². The molecule has 10 nitrogen and oxygen atoms in total. The number of carbonyl (C=O) groups is 1. The lowest BCUT2D eigenvalue weighted by molar-refractivity contribution is -0.120.